The second-order valence-electron chi connectivity index (χ2n) is 7.88. The highest BCUT2D eigenvalue weighted by molar-refractivity contribution is 9.10. The first-order chi connectivity index (χ1) is 17.8. The van der Waals surface area contributed by atoms with Crippen molar-refractivity contribution in [2.45, 2.75) is 27.2 Å². The summed E-state index contributed by atoms with van der Waals surface area (Å²) in [6.07, 6.45) is 1.45. The second-order valence-corrected chi connectivity index (χ2v) is 8.79. The van der Waals surface area contributed by atoms with Gasteiger partial charge in [-0.2, -0.15) is 0 Å². The van der Waals surface area contributed by atoms with Gasteiger partial charge in [-0.3, -0.25) is 9.59 Å². The minimum Gasteiger partial charge on any atom is -0.478 e. The number of anilines is 2. The van der Waals surface area contributed by atoms with Gasteiger partial charge in [0.25, 0.3) is 5.91 Å². The van der Waals surface area contributed by atoms with E-state index < -0.39 is 11.9 Å². The van der Waals surface area contributed by atoms with Crippen LogP contribution < -0.4 is 10.2 Å². The van der Waals surface area contributed by atoms with E-state index in [0.29, 0.717) is 34.5 Å². The summed E-state index contributed by atoms with van der Waals surface area (Å²) in [7, 11) is 1.56. The molecule has 0 aliphatic heterocycles. The third-order valence-corrected chi connectivity index (χ3v) is 5.99. The van der Waals surface area contributed by atoms with E-state index in [1.165, 1.54) is 23.1 Å². The van der Waals surface area contributed by atoms with Crippen LogP contribution in [0.25, 0.3) is 22.6 Å². The number of aromatic nitrogens is 1. The molecule has 3 aromatic carbocycles. The molecule has 0 unspecified atom stereocenters. The van der Waals surface area contributed by atoms with Gasteiger partial charge in [-0.15, -0.1) is 0 Å². The van der Waals surface area contributed by atoms with Crippen LogP contribution in [0.5, 0.6) is 0 Å². The highest BCUT2D eigenvalue weighted by Gasteiger charge is 2.21. The number of carboxylic acids is 1. The summed E-state index contributed by atoms with van der Waals surface area (Å²) in [5.41, 5.74) is 3.33. The molecule has 1 amide bonds. The molecule has 37 heavy (non-hydrogen) atoms. The number of aromatic carboxylic acids is 1. The molecule has 4 rings (SSSR count). The second kappa shape index (κ2) is 12.3. The summed E-state index contributed by atoms with van der Waals surface area (Å²) < 4.78 is 6.88. The highest BCUT2D eigenvalue weighted by atomic mass is 79.9. The lowest BCUT2D eigenvalue weighted by molar-refractivity contribution is 0.0696. The average Bonchev–Trinajstić information content (AvgIpc) is 3.34. The molecule has 0 fully saturated rings. The average molecular weight is 566 g/mol. The number of hydrogen-bond donors (Lipinski definition) is 2. The molecule has 192 valence electrons. The smallest absolute Gasteiger partial charge is 0.335 e. The summed E-state index contributed by atoms with van der Waals surface area (Å²) in [4.78, 5) is 42.2. The molecule has 0 saturated carbocycles. The Morgan fingerprint density at radius 1 is 1.11 bits per heavy atom. The maximum atomic E-state index is 13.3. The number of rotatable bonds is 8. The number of amides is 1. The lowest BCUT2D eigenvalue weighted by Gasteiger charge is -2.20. The highest BCUT2D eigenvalue weighted by Crippen LogP contribution is 2.34. The molecule has 0 atom stereocenters. The Balaban J connectivity index is 0.00000186. The molecule has 0 aliphatic carbocycles. The van der Waals surface area contributed by atoms with Crippen LogP contribution in [0.4, 0.5) is 11.4 Å². The first-order valence-corrected chi connectivity index (χ1v) is 12.7. The topological polar surface area (TPSA) is 113 Å². The van der Waals surface area contributed by atoms with Crippen molar-refractivity contribution in [3.63, 3.8) is 0 Å². The van der Waals surface area contributed by atoms with E-state index in [4.69, 9.17) is 4.42 Å². The standard InChI is InChI=1S/C26H22BrN3O5.C2H6/c1-3-10-28-21-8-7-18(13-20(21)24-29-22-12-17(27)6-9-23(22)35-24)30(2)25(32)19-11-15(26(33)34)4-5-16(19)14-31;1-2/h4-9,11-14,28H,3,10H2,1-2H3,(H,33,34);1-2H3. The van der Waals surface area contributed by atoms with Crippen LogP contribution in [-0.4, -0.2) is 41.8 Å². The van der Waals surface area contributed by atoms with Crippen LogP contribution in [-0.2, 0) is 0 Å². The monoisotopic (exact) mass is 565 g/mol. The number of carbonyl (C=O) groups excluding carboxylic acids is 2. The van der Waals surface area contributed by atoms with Crippen molar-refractivity contribution in [1.82, 2.24) is 4.98 Å². The first-order valence-electron chi connectivity index (χ1n) is 11.9. The van der Waals surface area contributed by atoms with E-state index in [2.05, 4.69) is 33.2 Å². The number of hydrogen-bond acceptors (Lipinski definition) is 6. The van der Waals surface area contributed by atoms with Crippen molar-refractivity contribution in [2.24, 2.45) is 0 Å². The number of nitrogens with one attached hydrogen (secondary N) is 1. The van der Waals surface area contributed by atoms with Gasteiger partial charge in [-0.05, 0) is 55.0 Å². The number of benzene rings is 3. The third-order valence-electron chi connectivity index (χ3n) is 5.50. The van der Waals surface area contributed by atoms with E-state index in [0.717, 1.165) is 23.1 Å². The fourth-order valence-electron chi connectivity index (χ4n) is 3.62. The molecular weight excluding hydrogens is 538 g/mol. The van der Waals surface area contributed by atoms with Gasteiger partial charge in [-0.1, -0.05) is 42.8 Å². The molecule has 0 saturated heterocycles. The van der Waals surface area contributed by atoms with Gasteiger partial charge in [0.2, 0.25) is 5.89 Å². The molecular formula is C28H28BrN3O5. The van der Waals surface area contributed by atoms with Gasteiger partial charge in [0.05, 0.1) is 16.7 Å². The number of fused-ring (bicyclic) bond motifs is 1. The first kappa shape index (κ1) is 27.6. The minimum atomic E-state index is -1.18. The van der Waals surface area contributed by atoms with Crippen LogP contribution in [0.2, 0.25) is 0 Å². The van der Waals surface area contributed by atoms with E-state index in [9.17, 15) is 19.5 Å². The Morgan fingerprint density at radius 2 is 1.86 bits per heavy atom. The lowest BCUT2D eigenvalue weighted by atomic mass is 10.0. The van der Waals surface area contributed by atoms with Crippen molar-refractivity contribution in [1.29, 1.82) is 0 Å². The number of nitrogens with zero attached hydrogens (tertiary/aromatic N) is 2. The molecule has 1 aromatic heterocycles. The van der Waals surface area contributed by atoms with E-state index in [1.54, 1.807) is 19.2 Å². The molecule has 0 aliphatic rings. The Kier molecular flexibility index (Phi) is 9.19. The Labute approximate surface area is 223 Å². The Bertz CT molecular complexity index is 1450. The van der Waals surface area contributed by atoms with Crippen LogP contribution in [0.3, 0.4) is 0 Å². The van der Waals surface area contributed by atoms with E-state index in [1.807, 2.05) is 38.1 Å². The molecule has 1 heterocycles. The zero-order valence-electron chi connectivity index (χ0n) is 21.0. The summed E-state index contributed by atoms with van der Waals surface area (Å²) >= 11 is 3.44. The number of aldehydes is 1. The minimum absolute atomic E-state index is 0.00356. The zero-order valence-corrected chi connectivity index (χ0v) is 22.6. The van der Waals surface area contributed by atoms with Gasteiger partial charge < -0.3 is 19.7 Å². The molecule has 9 heteroatoms. The van der Waals surface area contributed by atoms with Crippen molar-refractivity contribution in [2.75, 3.05) is 23.8 Å². The maximum Gasteiger partial charge on any atom is 0.335 e. The molecule has 2 N–H and O–H groups in total. The van der Waals surface area contributed by atoms with Crippen LogP contribution in [0.1, 0.15) is 58.3 Å². The maximum absolute atomic E-state index is 13.3. The fraction of sp³-hybridized carbons (Fsp3) is 0.214. The van der Waals surface area contributed by atoms with E-state index in [-0.39, 0.29) is 16.7 Å². The summed E-state index contributed by atoms with van der Waals surface area (Å²) in [5, 5.41) is 12.7. The molecule has 0 radical (unpaired) electrons. The quantitative estimate of drug-likeness (QED) is 0.223. The Hall–Kier alpha value is -3.98. The predicted molar refractivity (Wildman–Crippen MR) is 149 cm³/mol. The molecule has 0 bridgehead atoms. The fourth-order valence-corrected chi connectivity index (χ4v) is 3.97. The number of carbonyl (C=O) groups is 3. The van der Waals surface area contributed by atoms with Crippen molar-refractivity contribution in [3.05, 3.63) is 75.8 Å². The summed E-state index contributed by atoms with van der Waals surface area (Å²) in [6, 6.07) is 14.8. The Morgan fingerprint density at radius 3 is 2.54 bits per heavy atom. The van der Waals surface area contributed by atoms with Gasteiger partial charge in [0.15, 0.2) is 11.9 Å². The van der Waals surface area contributed by atoms with E-state index >= 15 is 0 Å². The van der Waals surface area contributed by atoms with Crippen molar-refractivity contribution < 1.29 is 23.9 Å². The number of oxazole rings is 1. The number of halogens is 1. The van der Waals surface area contributed by atoms with Gasteiger partial charge in [0.1, 0.15) is 5.52 Å². The summed E-state index contributed by atoms with van der Waals surface area (Å²) in [6.45, 7) is 6.79. The zero-order chi connectivity index (χ0) is 27.1. The SMILES string of the molecule is CC.CCCNc1ccc(N(C)C(=O)c2cc(C(=O)O)ccc2C=O)cc1-c1nc2cc(Br)ccc2o1. The van der Waals surface area contributed by atoms with Crippen LogP contribution >= 0.6 is 15.9 Å². The largest absolute Gasteiger partial charge is 0.478 e. The molecule has 8 nitrogen and oxygen atoms in total. The molecule has 4 aromatic rings. The van der Waals surface area contributed by atoms with Crippen LogP contribution in [0.15, 0.2) is 63.5 Å². The number of carboxylic acid groups (broad SMARTS) is 1. The lowest BCUT2D eigenvalue weighted by Crippen LogP contribution is -2.27. The summed E-state index contributed by atoms with van der Waals surface area (Å²) in [5.74, 6) is -1.31. The third kappa shape index (κ3) is 6.06. The van der Waals surface area contributed by atoms with Crippen molar-refractivity contribution >= 4 is 56.6 Å². The normalized spacial score (nSPS) is 10.4. The van der Waals surface area contributed by atoms with Gasteiger partial charge >= 0.3 is 5.97 Å². The van der Waals surface area contributed by atoms with Crippen molar-refractivity contribution in [3.8, 4) is 11.5 Å². The van der Waals surface area contributed by atoms with Crippen LogP contribution in [0, 0.1) is 0 Å². The van der Waals surface area contributed by atoms with Gasteiger partial charge in [-0.25, -0.2) is 9.78 Å². The predicted octanol–water partition coefficient (Wildman–Crippen LogP) is 6.89. The van der Waals surface area contributed by atoms with Gasteiger partial charge in [0, 0.05) is 35.0 Å². The molecule has 0 spiro atoms.